The molecule has 0 amide bonds. The van der Waals surface area contributed by atoms with Crippen molar-refractivity contribution in [2.24, 2.45) is 5.84 Å². The number of hydrogen-bond acceptors (Lipinski definition) is 5. The molecule has 0 aliphatic carbocycles. The molecule has 0 aliphatic rings. The average Bonchev–Trinajstić information content (AvgIpc) is 2.44. The van der Waals surface area contributed by atoms with E-state index < -0.39 is 0 Å². The van der Waals surface area contributed by atoms with Crippen LogP contribution in [0, 0.1) is 0 Å². The minimum atomic E-state index is 0.191. The molecule has 0 unspecified atom stereocenters. The van der Waals surface area contributed by atoms with Gasteiger partial charge in [0.05, 0.1) is 5.56 Å². The zero-order valence-electron chi connectivity index (χ0n) is 11.4. The van der Waals surface area contributed by atoms with Crippen LogP contribution in [-0.4, -0.2) is 9.97 Å². The number of nitrogens with zero attached hydrogens (tertiary/aromatic N) is 2. The number of benzene rings is 1. The predicted octanol–water partition coefficient (Wildman–Crippen LogP) is 3.12. The largest absolute Gasteiger partial charge is 0.472 e. The van der Waals surface area contributed by atoms with Crippen molar-refractivity contribution in [2.45, 2.75) is 26.4 Å². The maximum absolute atomic E-state index is 5.95. The minimum absolute atomic E-state index is 0.191. The average molecular weight is 293 g/mol. The molecular weight excluding hydrogens is 276 g/mol. The van der Waals surface area contributed by atoms with Gasteiger partial charge in [-0.1, -0.05) is 37.6 Å². The molecule has 0 atom stereocenters. The van der Waals surface area contributed by atoms with Crippen molar-refractivity contribution in [2.75, 3.05) is 5.43 Å². The summed E-state index contributed by atoms with van der Waals surface area (Å²) in [5.74, 6) is 6.77. The van der Waals surface area contributed by atoms with Crippen LogP contribution in [0.5, 0.6) is 5.88 Å². The number of nitrogens with two attached hydrogens (primary N) is 1. The van der Waals surface area contributed by atoms with Crippen LogP contribution < -0.4 is 16.0 Å². The van der Waals surface area contributed by atoms with E-state index >= 15 is 0 Å². The van der Waals surface area contributed by atoms with Crippen molar-refractivity contribution in [1.29, 1.82) is 0 Å². The van der Waals surface area contributed by atoms with Crippen molar-refractivity contribution >= 4 is 17.4 Å². The Morgan fingerprint density at radius 2 is 2.15 bits per heavy atom. The number of hydrogen-bond donors (Lipinski definition) is 2. The van der Waals surface area contributed by atoms with Crippen molar-refractivity contribution < 1.29 is 4.74 Å². The summed E-state index contributed by atoms with van der Waals surface area (Å²) in [7, 11) is 0. The van der Waals surface area contributed by atoms with Crippen LogP contribution >= 0.6 is 11.6 Å². The fourth-order valence-corrected chi connectivity index (χ4v) is 2.12. The zero-order valence-corrected chi connectivity index (χ0v) is 12.2. The number of aromatic nitrogens is 2. The normalized spacial score (nSPS) is 10.7. The van der Waals surface area contributed by atoms with Gasteiger partial charge in [-0.05, 0) is 23.6 Å². The molecule has 1 aromatic carbocycles. The van der Waals surface area contributed by atoms with Gasteiger partial charge in [-0.15, -0.1) is 0 Å². The van der Waals surface area contributed by atoms with Gasteiger partial charge in [0.15, 0.2) is 5.82 Å². The molecule has 0 saturated heterocycles. The summed E-state index contributed by atoms with van der Waals surface area (Å²) in [6, 6.07) is 7.52. The number of anilines is 1. The van der Waals surface area contributed by atoms with Gasteiger partial charge in [-0.25, -0.2) is 15.8 Å². The lowest BCUT2D eigenvalue weighted by Crippen LogP contribution is -2.14. The summed E-state index contributed by atoms with van der Waals surface area (Å²) in [4.78, 5) is 8.28. The SMILES string of the molecule is CC(C)c1c(NN)ncnc1OCc1cccc(Cl)c1. The molecule has 2 rings (SSSR count). The first-order chi connectivity index (χ1) is 9.61. The van der Waals surface area contributed by atoms with E-state index in [1.165, 1.54) is 6.33 Å². The monoisotopic (exact) mass is 292 g/mol. The predicted molar refractivity (Wildman–Crippen MR) is 79.7 cm³/mol. The van der Waals surface area contributed by atoms with E-state index in [-0.39, 0.29) is 5.92 Å². The van der Waals surface area contributed by atoms with Crippen LogP contribution in [0.1, 0.15) is 30.9 Å². The van der Waals surface area contributed by atoms with Crippen molar-refractivity contribution in [1.82, 2.24) is 9.97 Å². The Labute approximate surface area is 123 Å². The van der Waals surface area contributed by atoms with Crippen LogP contribution in [0.15, 0.2) is 30.6 Å². The lowest BCUT2D eigenvalue weighted by molar-refractivity contribution is 0.289. The summed E-state index contributed by atoms with van der Waals surface area (Å²) >= 11 is 5.95. The van der Waals surface area contributed by atoms with E-state index in [0.29, 0.717) is 23.3 Å². The van der Waals surface area contributed by atoms with Crippen LogP contribution in [0.4, 0.5) is 5.82 Å². The molecule has 0 spiro atoms. The molecule has 0 saturated carbocycles. The third kappa shape index (κ3) is 3.37. The van der Waals surface area contributed by atoms with Crippen molar-refractivity contribution in [3.8, 4) is 5.88 Å². The second-order valence-electron chi connectivity index (χ2n) is 4.66. The zero-order chi connectivity index (χ0) is 14.5. The fourth-order valence-electron chi connectivity index (χ4n) is 1.91. The molecular formula is C14H17ClN4O. The number of halogens is 1. The third-order valence-corrected chi connectivity index (χ3v) is 3.06. The highest BCUT2D eigenvalue weighted by molar-refractivity contribution is 6.30. The Hall–Kier alpha value is -1.85. The summed E-state index contributed by atoms with van der Waals surface area (Å²) in [6.45, 7) is 4.46. The molecule has 20 heavy (non-hydrogen) atoms. The maximum Gasteiger partial charge on any atom is 0.222 e. The van der Waals surface area contributed by atoms with Gasteiger partial charge in [-0.3, -0.25) is 0 Å². The summed E-state index contributed by atoms with van der Waals surface area (Å²) in [6.07, 6.45) is 1.42. The molecule has 106 valence electrons. The highest BCUT2D eigenvalue weighted by Crippen LogP contribution is 2.29. The van der Waals surface area contributed by atoms with Crippen molar-refractivity contribution in [3.05, 3.63) is 46.7 Å². The summed E-state index contributed by atoms with van der Waals surface area (Å²) in [5.41, 5.74) is 4.41. The van der Waals surface area contributed by atoms with Gasteiger partial charge in [-0.2, -0.15) is 0 Å². The van der Waals surface area contributed by atoms with E-state index in [1.54, 1.807) is 0 Å². The molecule has 0 fully saturated rings. The first-order valence-corrected chi connectivity index (χ1v) is 6.68. The maximum atomic E-state index is 5.95. The Bertz CT molecular complexity index is 589. The molecule has 6 heteroatoms. The van der Waals surface area contributed by atoms with E-state index in [9.17, 15) is 0 Å². The van der Waals surface area contributed by atoms with Gasteiger partial charge in [0.25, 0.3) is 0 Å². The van der Waals surface area contributed by atoms with E-state index in [4.69, 9.17) is 22.2 Å². The van der Waals surface area contributed by atoms with Crippen LogP contribution in [0.2, 0.25) is 5.02 Å². The molecule has 1 heterocycles. The molecule has 2 aromatic rings. The van der Waals surface area contributed by atoms with Crippen LogP contribution in [0.25, 0.3) is 0 Å². The van der Waals surface area contributed by atoms with E-state index in [0.717, 1.165) is 11.1 Å². The minimum Gasteiger partial charge on any atom is -0.472 e. The first kappa shape index (κ1) is 14.6. The van der Waals surface area contributed by atoms with E-state index in [2.05, 4.69) is 15.4 Å². The quantitative estimate of drug-likeness (QED) is 0.654. The van der Waals surface area contributed by atoms with Gasteiger partial charge in [0.1, 0.15) is 12.9 Å². The second-order valence-corrected chi connectivity index (χ2v) is 5.10. The van der Waals surface area contributed by atoms with E-state index in [1.807, 2.05) is 38.1 Å². The highest BCUT2D eigenvalue weighted by atomic mass is 35.5. The second kappa shape index (κ2) is 6.54. The number of rotatable bonds is 5. The van der Waals surface area contributed by atoms with Crippen LogP contribution in [0.3, 0.4) is 0 Å². The smallest absolute Gasteiger partial charge is 0.222 e. The van der Waals surface area contributed by atoms with Gasteiger partial charge in [0, 0.05) is 5.02 Å². The molecule has 5 nitrogen and oxygen atoms in total. The topological polar surface area (TPSA) is 73.1 Å². The van der Waals surface area contributed by atoms with Crippen LogP contribution in [-0.2, 0) is 6.61 Å². The Kier molecular flexibility index (Phi) is 4.76. The van der Waals surface area contributed by atoms with Crippen molar-refractivity contribution in [3.63, 3.8) is 0 Å². The molecule has 0 aliphatic heterocycles. The number of hydrazine groups is 1. The molecule has 1 aromatic heterocycles. The lowest BCUT2D eigenvalue weighted by Gasteiger charge is -2.15. The van der Waals surface area contributed by atoms with Gasteiger partial charge < -0.3 is 10.2 Å². The van der Waals surface area contributed by atoms with Gasteiger partial charge in [0.2, 0.25) is 5.88 Å². The highest BCUT2D eigenvalue weighted by Gasteiger charge is 2.15. The fraction of sp³-hybridized carbons (Fsp3) is 0.286. The number of nitrogen functional groups attached to an aromatic ring is 1. The number of ether oxygens (including phenoxy) is 1. The molecule has 0 radical (unpaired) electrons. The lowest BCUT2D eigenvalue weighted by atomic mass is 10.1. The number of nitrogens with one attached hydrogen (secondary N) is 1. The molecule has 0 bridgehead atoms. The first-order valence-electron chi connectivity index (χ1n) is 6.30. The van der Waals surface area contributed by atoms with Gasteiger partial charge >= 0.3 is 0 Å². The Balaban J connectivity index is 2.21. The molecule has 3 N–H and O–H groups in total. The standard InChI is InChI=1S/C14H17ClN4O/c1-9(2)12-13(19-16)17-8-18-14(12)20-7-10-4-3-5-11(15)6-10/h3-6,8-9H,7,16H2,1-2H3,(H,17,18,19). The summed E-state index contributed by atoms with van der Waals surface area (Å²) in [5, 5.41) is 0.683. The Morgan fingerprint density at radius 1 is 1.35 bits per heavy atom. The summed E-state index contributed by atoms with van der Waals surface area (Å²) < 4.78 is 5.78. The Morgan fingerprint density at radius 3 is 2.80 bits per heavy atom. The third-order valence-electron chi connectivity index (χ3n) is 2.83.